The number of anilines is 1. The average Bonchev–Trinajstić information content (AvgIpc) is 2.52. The van der Waals surface area contributed by atoms with Gasteiger partial charge in [0.15, 0.2) is 0 Å². The van der Waals surface area contributed by atoms with Gasteiger partial charge < -0.3 is 9.64 Å². The number of hydrogen-bond donors (Lipinski definition) is 0. The van der Waals surface area contributed by atoms with Crippen LogP contribution in [0.3, 0.4) is 0 Å². The Balaban J connectivity index is 2.00. The molecule has 2 aromatic rings. The Morgan fingerprint density at radius 1 is 0.857 bits per heavy atom. The van der Waals surface area contributed by atoms with Crippen LogP contribution in [0.25, 0.3) is 0 Å². The fourth-order valence-electron chi connectivity index (χ4n) is 1.81. The average molecular weight is 283 g/mol. The molecule has 4 nitrogen and oxygen atoms in total. The standard InChI is InChI=1S/C17H21N3O/c1-4-21-13-14-5-7-15(8-6-14)18-19-16-9-11-17(12-10-16)20(2)3/h5-12H,4,13H2,1-3H3. The van der Waals surface area contributed by atoms with Crippen molar-refractivity contribution in [2.24, 2.45) is 10.2 Å². The zero-order valence-electron chi connectivity index (χ0n) is 12.8. The Hall–Kier alpha value is -2.20. The maximum atomic E-state index is 5.36. The molecule has 0 saturated carbocycles. The number of ether oxygens (including phenoxy) is 1. The minimum Gasteiger partial charge on any atom is -0.378 e. The fraction of sp³-hybridized carbons (Fsp3) is 0.294. The van der Waals surface area contributed by atoms with Gasteiger partial charge in [0.05, 0.1) is 18.0 Å². The summed E-state index contributed by atoms with van der Waals surface area (Å²) in [4.78, 5) is 2.05. The highest BCUT2D eigenvalue weighted by Gasteiger charge is 1.96. The van der Waals surface area contributed by atoms with E-state index in [0.717, 1.165) is 29.2 Å². The Labute approximate surface area is 126 Å². The van der Waals surface area contributed by atoms with Crippen LogP contribution in [0, 0.1) is 0 Å². The summed E-state index contributed by atoms with van der Waals surface area (Å²) in [5.74, 6) is 0. The van der Waals surface area contributed by atoms with Crippen LogP contribution in [-0.2, 0) is 11.3 Å². The fourth-order valence-corrected chi connectivity index (χ4v) is 1.81. The smallest absolute Gasteiger partial charge is 0.0858 e. The quantitative estimate of drug-likeness (QED) is 0.720. The van der Waals surface area contributed by atoms with Crippen molar-refractivity contribution in [2.75, 3.05) is 25.6 Å². The third kappa shape index (κ3) is 4.68. The van der Waals surface area contributed by atoms with Crippen molar-refractivity contribution in [1.29, 1.82) is 0 Å². The van der Waals surface area contributed by atoms with Gasteiger partial charge in [0.2, 0.25) is 0 Å². The molecule has 21 heavy (non-hydrogen) atoms. The summed E-state index contributed by atoms with van der Waals surface area (Å²) < 4.78 is 5.36. The van der Waals surface area contributed by atoms with Crippen LogP contribution in [0.5, 0.6) is 0 Å². The molecule has 0 saturated heterocycles. The SMILES string of the molecule is CCOCc1ccc(N=Nc2ccc(N(C)C)cc2)cc1. The van der Waals surface area contributed by atoms with Gasteiger partial charge in [-0.15, -0.1) is 0 Å². The Bertz CT molecular complexity index is 574. The molecule has 0 heterocycles. The minimum atomic E-state index is 0.639. The molecule has 0 aliphatic carbocycles. The van der Waals surface area contributed by atoms with Gasteiger partial charge in [-0.05, 0) is 48.9 Å². The lowest BCUT2D eigenvalue weighted by atomic mass is 10.2. The summed E-state index contributed by atoms with van der Waals surface area (Å²) in [5, 5.41) is 8.49. The highest BCUT2D eigenvalue weighted by molar-refractivity contribution is 5.52. The largest absolute Gasteiger partial charge is 0.378 e. The van der Waals surface area contributed by atoms with Crippen LogP contribution >= 0.6 is 0 Å². The van der Waals surface area contributed by atoms with Crippen LogP contribution < -0.4 is 4.90 Å². The van der Waals surface area contributed by atoms with Crippen molar-refractivity contribution in [3.63, 3.8) is 0 Å². The van der Waals surface area contributed by atoms with Crippen LogP contribution in [0.1, 0.15) is 12.5 Å². The Morgan fingerprint density at radius 2 is 1.38 bits per heavy atom. The van der Waals surface area contributed by atoms with Gasteiger partial charge in [0.25, 0.3) is 0 Å². The molecule has 4 heteroatoms. The van der Waals surface area contributed by atoms with E-state index in [2.05, 4.69) is 15.1 Å². The number of benzene rings is 2. The first-order chi connectivity index (χ1) is 10.2. The molecule has 0 aromatic heterocycles. The summed E-state index contributed by atoms with van der Waals surface area (Å²) in [7, 11) is 4.03. The lowest BCUT2D eigenvalue weighted by Gasteiger charge is -2.11. The van der Waals surface area contributed by atoms with Crippen LogP contribution in [0.4, 0.5) is 17.1 Å². The first-order valence-electron chi connectivity index (χ1n) is 7.05. The molecular weight excluding hydrogens is 262 g/mol. The monoisotopic (exact) mass is 283 g/mol. The normalized spacial score (nSPS) is 11.0. The van der Waals surface area contributed by atoms with Gasteiger partial charge in [0.1, 0.15) is 0 Å². The first-order valence-corrected chi connectivity index (χ1v) is 7.05. The zero-order valence-corrected chi connectivity index (χ0v) is 12.8. The van der Waals surface area contributed by atoms with Gasteiger partial charge in [0, 0.05) is 26.4 Å². The third-order valence-corrected chi connectivity index (χ3v) is 3.06. The molecule has 110 valence electrons. The van der Waals surface area contributed by atoms with Crippen LogP contribution in [-0.4, -0.2) is 20.7 Å². The lowest BCUT2D eigenvalue weighted by molar-refractivity contribution is 0.134. The van der Waals surface area contributed by atoms with E-state index in [-0.39, 0.29) is 0 Å². The van der Waals surface area contributed by atoms with E-state index in [1.807, 2.05) is 69.6 Å². The number of nitrogens with zero attached hydrogens (tertiary/aromatic N) is 3. The van der Waals surface area contributed by atoms with E-state index in [4.69, 9.17) is 4.74 Å². The van der Waals surface area contributed by atoms with Crippen LogP contribution in [0.15, 0.2) is 58.8 Å². The Kier molecular flexibility index (Phi) is 5.46. The van der Waals surface area contributed by atoms with Crippen molar-refractivity contribution < 1.29 is 4.74 Å². The summed E-state index contributed by atoms with van der Waals surface area (Å²) in [6, 6.07) is 15.9. The molecule has 0 spiro atoms. The molecule has 0 aliphatic rings. The maximum absolute atomic E-state index is 5.36. The second-order valence-electron chi connectivity index (χ2n) is 4.91. The third-order valence-electron chi connectivity index (χ3n) is 3.06. The summed E-state index contributed by atoms with van der Waals surface area (Å²) in [6.07, 6.45) is 0. The highest BCUT2D eigenvalue weighted by atomic mass is 16.5. The second-order valence-corrected chi connectivity index (χ2v) is 4.91. The van der Waals surface area contributed by atoms with E-state index in [1.54, 1.807) is 0 Å². The second kappa shape index (κ2) is 7.55. The molecule has 2 rings (SSSR count). The number of rotatable bonds is 6. The molecule has 0 atom stereocenters. The highest BCUT2D eigenvalue weighted by Crippen LogP contribution is 2.21. The predicted molar refractivity (Wildman–Crippen MR) is 86.7 cm³/mol. The molecule has 0 N–H and O–H groups in total. The summed E-state index contributed by atoms with van der Waals surface area (Å²) in [5.41, 5.74) is 3.98. The molecule has 0 amide bonds. The minimum absolute atomic E-state index is 0.639. The zero-order chi connectivity index (χ0) is 15.1. The number of azo groups is 1. The van der Waals surface area contributed by atoms with Crippen molar-refractivity contribution in [3.8, 4) is 0 Å². The van der Waals surface area contributed by atoms with E-state index in [9.17, 15) is 0 Å². The maximum Gasteiger partial charge on any atom is 0.0858 e. The van der Waals surface area contributed by atoms with E-state index >= 15 is 0 Å². The van der Waals surface area contributed by atoms with Crippen molar-refractivity contribution in [1.82, 2.24) is 0 Å². The molecule has 0 radical (unpaired) electrons. The van der Waals surface area contributed by atoms with E-state index < -0.39 is 0 Å². The first kappa shape index (κ1) is 15.2. The van der Waals surface area contributed by atoms with E-state index in [1.165, 1.54) is 0 Å². The van der Waals surface area contributed by atoms with Gasteiger partial charge >= 0.3 is 0 Å². The molecule has 0 unspecified atom stereocenters. The molecular formula is C17H21N3O. The predicted octanol–water partition coefficient (Wildman–Crippen LogP) is 4.70. The molecule has 0 bridgehead atoms. The van der Waals surface area contributed by atoms with Gasteiger partial charge in [-0.3, -0.25) is 0 Å². The Morgan fingerprint density at radius 3 is 1.86 bits per heavy atom. The molecule has 0 fully saturated rings. The van der Waals surface area contributed by atoms with Crippen molar-refractivity contribution >= 4 is 17.1 Å². The topological polar surface area (TPSA) is 37.2 Å². The lowest BCUT2D eigenvalue weighted by Crippen LogP contribution is -2.07. The summed E-state index contributed by atoms with van der Waals surface area (Å²) >= 11 is 0. The van der Waals surface area contributed by atoms with Gasteiger partial charge in [-0.1, -0.05) is 12.1 Å². The number of hydrogen-bond acceptors (Lipinski definition) is 4. The van der Waals surface area contributed by atoms with Gasteiger partial charge in [-0.25, -0.2) is 0 Å². The van der Waals surface area contributed by atoms with E-state index in [0.29, 0.717) is 6.61 Å². The molecule has 0 aliphatic heterocycles. The molecule has 2 aromatic carbocycles. The summed E-state index contributed by atoms with van der Waals surface area (Å²) in [6.45, 7) is 3.36. The van der Waals surface area contributed by atoms with Crippen LogP contribution in [0.2, 0.25) is 0 Å². The van der Waals surface area contributed by atoms with Gasteiger partial charge in [-0.2, -0.15) is 10.2 Å². The van der Waals surface area contributed by atoms with Crippen molar-refractivity contribution in [2.45, 2.75) is 13.5 Å². The van der Waals surface area contributed by atoms with Crippen molar-refractivity contribution in [3.05, 3.63) is 54.1 Å².